The Balaban J connectivity index is 0.00000153. The number of carboxylic acids is 1. The third kappa shape index (κ3) is 47.9. The normalized spacial score (nSPS) is 12.3. The van der Waals surface area contributed by atoms with E-state index in [1.165, 1.54) is 125 Å². The van der Waals surface area contributed by atoms with Crippen molar-refractivity contribution in [2.75, 3.05) is 139 Å². The highest BCUT2D eigenvalue weighted by Gasteiger charge is 2.34. The zero-order chi connectivity index (χ0) is 102. The second kappa shape index (κ2) is 66.0. The molecule has 744 valence electrons. The monoisotopic (exact) mass is 1900 g/mol. The minimum absolute atomic E-state index is 0.00484. The Kier molecular flexibility index (Phi) is 58.9. The van der Waals surface area contributed by atoms with Crippen LogP contribution >= 0.6 is 0 Å². The molecule has 4 atom stereocenters. The summed E-state index contributed by atoms with van der Waals surface area (Å²) in [5, 5.41) is 9.01. The molecule has 0 aliphatic carbocycles. The lowest BCUT2D eigenvalue weighted by Crippen LogP contribution is -2.49. The van der Waals surface area contributed by atoms with Gasteiger partial charge in [0.2, 0.25) is 88.4 Å². The van der Waals surface area contributed by atoms with Crippen molar-refractivity contribution in [3.05, 3.63) is 42.5 Å². The van der Waals surface area contributed by atoms with Crippen LogP contribution in [0, 0.1) is 23.7 Å². The predicted octanol–water partition coefficient (Wildman–Crippen LogP) is 7.62. The van der Waals surface area contributed by atoms with Crippen molar-refractivity contribution in [3.8, 4) is 124 Å². The summed E-state index contributed by atoms with van der Waals surface area (Å²) in [6.45, 7) is 33.6. The molecule has 9 rings (SSSR count). The molecule has 7 aromatic heterocycles. The zero-order valence-electron chi connectivity index (χ0n) is 81.3. The van der Waals surface area contributed by atoms with Gasteiger partial charge in [0.1, 0.15) is 5.60 Å². The van der Waals surface area contributed by atoms with E-state index in [-0.39, 0.29) is 131 Å². The summed E-state index contributed by atoms with van der Waals surface area (Å²) in [7, 11) is 21.0. The van der Waals surface area contributed by atoms with Gasteiger partial charge in [-0.25, -0.2) is 4.79 Å². The van der Waals surface area contributed by atoms with Gasteiger partial charge in [-0.05, 0) is 92.4 Å². The lowest BCUT2D eigenvalue weighted by molar-refractivity contribution is -0.193. The average Bonchev–Trinajstić information content (AvgIpc) is 0.957. The van der Waals surface area contributed by atoms with Gasteiger partial charge < -0.3 is 119 Å². The number of piperidine rings is 1. The van der Waals surface area contributed by atoms with E-state index in [9.17, 15) is 19.2 Å². The number of hydrogen-bond acceptors (Lipinski definition) is 46. The maximum absolute atomic E-state index is 12.7. The first-order valence-electron chi connectivity index (χ1n) is 40.9. The van der Waals surface area contributed by atoms with Crippen LogP contribution in [0.25, 0.3) is 0 Å². The minimum atomic E-state index is -1.07. The number of amides is 2. The third-order valence-corrected chi connectivity index (χ3v) is 16.1. The van der Waals surface area contributed by atoms with Crippen molar-refractivity contribution in [1.29, 1.82) is 0 Å². The molecule has 0 radical (unpaired) electrons. The first-order chi connectivity index (χ1) is 63.5. The van der Waals surface area contributed by atoms with Crippen LogP contribution in [-0.4, -0.2) is 308 Å². The summed E-state index contributed by atoms with van der Waals surface area (Å²) in [5.41, 5.74) is -0.350. The third-order valence-electron chi connectivity index (χ3n) is 16.1. The van der Waals surface area contributed by atoms with Crippen molar-refractivity contribution in [2.45, 2.75) is 172 Å². The number of carbonyl (C=O) groups is 4. The highest BCUT2D eigenvalue weighted by molar-refractivity contribution is 5.82. The fraction of sp³-hybridized carbons (Fsp3) is 0.588. The van der Waals surface area contributed by atoms with Crippen LogP contribution < -0.4 is 99.5 Å². The number of morpholine rings is 1. The highest BCUT2D eigenvalue weighted by atomic mass is 16.6. The quantitative estimate of drug-likeness (QED) is 0.0399. The van der Waals surface area contributed by atoms with Crippen LogP contribution in [0.4, 0.5) is 0 Å². The van der Waals surface area contributed by atoms with Gasteiger partial charge >= 0.3 is 66.5 Å². The molecular weight excluding hydrogens is 1770 g/mol. The molecule has 9 heterocycles. The molecule has 0 saturated carbocycles. The summed E-state index contributed by atoms with van der Waals surface area (Å²) >= 11 is 0. The first kappa shape index (κ1) is 120. The Morgan fingerprint density at radius 2 is 0.493 bits per heavy atom. The summed E-state index contributed by atoms with van der Waals surface area (Å²) in [6.07, 6.45) is 1.14. The van der Waals surface area contributed by atoms with Gasteiger partial charge in [0.15, 0.2) is 24.1 Å². The van der Waals surface area contributed by atoms with Gasteiger partial charge in [-0.3, -0.25) is 14.4 Å². The van der Waals surface area contributed by atoms with E-state index in [1.54, 1.807) is 49.1 Å². The number of hydrogen-bond donors (Lipinski definition) is 1. The minimum Gasteiger partial charge on any atom is -0.481 e. The summed E-state index contributed by atoms with van der Waals surface area (Å²) in [4.78, 5) is 157. The van der Waals surface area contributed by atoms with E-state index in [0.29, 0.717) is 96.9 Å². The molecule has 49 heteroatoms. The van der Waals surface area contributed by atoms with E-state index >= 15 is 0 Å². The van der Waals surface area contributed by atoms with E-state index in [0.717, 1.165) is 25.9 Å². The number of aromatic nitrogens is 14. The van der Waals surface area contributed by atoms with E-state index in [1.807, 2.05) is 94.9 Å². The Labute approximate surface area is 777 Å². The van der Waals surface area contributed by atoms with Gasteiger partial charge in [-0.2, -0.15) is 98.5 Å². The number of carbonyl (C=O) groups excluding carboxylic acids is 9. The molecule has 2 saturated heterocycles. The number of ether oxygens (including phenoxy) is 22. The zero-order valence-corrected chi connectivity index (χ0v) is 81.3. The van der Waals surface area contributed by atoms with Crippen LogP contribution in [0.1, 0.15) is 130 Å². The lowest BCUT2D eigenvalue weighted by Gasteiger charge is -2.31. The molecule has 4 unspecified atom stereocenters. The topological polar surface area (TPSA) is 581 Å². The molecule has 2 fully saturated rings. The smallest absolute Gasteiger partial charge is 0.373 e. The Hall–Kier alpha value is -14.5. The summed E-state index contributed by atoms with van der Waals surface area (Å²) < 4.78 is 114. The van der Waals surface area contributed by atoms with E-state index in [2.05, 4.69) is 69.8 Å². The fourth-order valence-electron chi connectivity index (χ4n) is 10.0. The molecule has 0 aromatic carbocycles. The molecule has 7 aromatic rings. The number of carboxylic acid groups (broad SMARTS) is 1. The van der Waals surface area contributed by atoms with Gasteiger partial charge in [0, 0.05) is 32.1 Å². The second-order valence-corrected chi connectivity index (χ2v) is 29.3. The van der Waals surface area contributed by atoms with Crippen molar-refractivity contribution in [2.24, 2.45) is 23.7 Å². The number of methoxy groups -OCH3 is 14. The van der Waals surface area contributed by atoms with Gasteiger partial charge in [0.25, 0.3) is 11.8 Å². The number of rotatable bonds is 35. The largest absolute Gasteiger partial charge is 0.481 e. The Bertz CT molecular complexity index is 4260. The maximum Gasteiger partial charge on any atom is 0.373 e. The Morgan fingerprint density at radius 1 is 0.306 bits per heavy atom. The number of nitrogens with zero attached hydrogens (tertiary/aromatic N) is 16. The number of Topliss-reactive ketones (excluding diaryl/α,β-unsaturated/α-hetero) is 1. The van der Waals surface area contributed by atoms with Crippen molar-refractivity contribution >= 4 is 42.0 Å². The number of aliphatic carboxylic acids is 1. The summed E-state index contributed by atoms with van der Waals surface area (Å²) in [5.74, 6) is 3.48. The molecule has 134 heavy (non-hydrogen) atoms. The molecule has 2 aliphatic heterocycles. The van der Waals surface area contributed by atoms with Crippen LogP contribution in [0.15, 0.2) is 42.5 Å². The molecule has 1 N–H and O–H groups in total. The van der Waals surface area contributed by atoms with Crippen LogP contribution in [0.5, 0.6) is 124 Å². The summed E-state index contributed by atoms with van der Waals surface area (Å²) in [6, 6.07) is 11.8. The van der Waals surface area contributed by atoms with E-state index < -0.39 is 30.4 Å². The SMILES string of the molecule is COc1cc(OC)nc(OC(C(=O)N2CCCCC2)C(C)C)n1.COc1cc(OC)nc(OC(C(=O)N2CCOCC2)C(C)C)n1.COc1cc(OC)nc(OC(C(=O)O)C(C)C)n1.COc1cc(OC)nc(OC(C(C)=O)C(C)C)n1.COc1cc(OC)nc(OC(C)(C)C)n1.COc1cc(OC)nc(OC(C)C)n1.COc1cc(OC)nc(OC(C)C)n1.O=C=O.O=C=O.O=C=O. The Morgan fingerprint density at radius 3 is 0.672 bits per heavy atom. The van der Waals surface area contributed by atoms with Gasteiger partial charge in [-0.1, -0.05) is 55.4 Å². The molecule has 0 spiro atoms. The molecule has 2 aliphatic rings. The van der Waals surface area contributed by atoms with Crippen molar-refractivity contribution in [3.63, 3.8) is 0 Å². The van der Waals surface area contributed by atoms with Gasteiger partial charge in [-0.15, -0.1) is 0 Å². The predicted molar refractivity (Wildman–Crippen MR) is 466 cm³/mol. The number of ketones is 1. The van der Waals surface area contributed by atoms with Crippen LogP contribution in [0.3, 0.4) is 0 Å². The van der Waals surface area contributed by atoms with Crippen LogP contribution in [-0.2, 0) is 52.7 Å². The highest BCUT2D eigenvalue weighted by Crippen LogP contribution is 2.29. The van der Waals surface area contributed by atoms with E-state index in [4.69, 9.17) is 138 Å². The van der Waals surface area contributed by atoms with Crippen molar-refractivity contribution in [1.82, 2.24) is 79.6 Å². The average molecular weight is 1900 g/mol. The standard InChI is InChI=1S/C16H25N3O4.C15H23N3O5.C12H18N2O4.C11H16N2O5.C10H16N2O3.2C9H14N2O3.3CO2/c1-11(2)14(15(20)19-8-6-5-7-9-19)23-16-17-12(21-3)10-13(18-16)22-4;1-10(2)13(14(19)18-5-7-22-8-6-18)23-15-16-11(20-3)9-12(17-15)21-4;1-7(2)11(8(3)15)18-12-13-9(16-4)6-10(14-12)17-5;1-6(2)9(10(14)15)18-11-12-7(16-3)5-8(13-11)17-4;1-10(2,3)15-9-11-7(13-4)6-8(12-9)14-5;2*1-6(2)14-9-10-7(12-3)5-8(11-9)13-4;3*2-1-3/h10-11,14H,5-9H2,1-4H3;9-10,13H,5-8H2,1-4H3;6-7,11H,1-5H3;5-6,9H,1-4H3,(H,14,15);6H,1-5H3;2*5-6H,1-4H3;;;. The molecule has 2 amide bonds. The fourth-order valence-corrected chi connectivity index (χ4v) is 10.0. The lowest BCUT2D eigenvalue weighted by atomic mass is 10.0. The number of likely N-dealkylation sites (tertiary alicyclic amines) is 1. The maximum atomic E-state index is 12.7. The first-order valence-corrected chi connectivity index (χ1v) is 40.9. The molecule has 0 bridgehead atoms. The second-order valence-electron chi connectivity index (χ2n) is 29.3. The molecular formula is C85H126N16O33. The molecule has 49 nitrogen and oxygen atoms in total. The van der Waals surface area contributed by atoms with Crippen molar-refractivity contribution < 1.29 is 157 Å². The van der Waals surface area contributed by atoms with Crippen LogP contribution in [0.2, 0.25) is 0 Å². The van der Waals surface area contributed by atoms with Gasteiger partial charge in [0.05, 0.1) is 167 Å².